The van der Waals surface area contributed by atoms with E-state index in [0.717, 1.165) is 24.8 Å². The van der Waals surface area contributed by atoms with Gasteiger partial charge in [-0.2, -0.15) is 4.99 Å². The van der Waals surface area contributed by atoms with Crippen LogP contribution in [0.15, 0.2) is 17.1 Å². The van der Waals surface area contributed by atoms with Gasteiger partial charge in [-0.25, -0.2) is 9.18 Å². The number of carbonyl (C=O) groups excluding carboxylic acids is 1. The predicted molar refractivity (Wildman–Crippen MR) is 77.3 cm³/mol. The summed E-state index contributed by atoms with van der Waals surface area (Å²) < 4.78 is 25.1. The highest BCUT2D eigenvalue weighted by molar-refractivity contribution is 5.54. The average molecular weight is 293 g/mol. The lowest BCUT2D eigenvalue weighted by molar-refractivity contribution is 0.208. The van der Waals surface area contributed by atoms with Gasteiger partial charge >= 0.3 is 0 Å². The highest BCUT2D eigenvalue weighted by Gasteiger charge is 2.41. The van der Waals surface area contributed by atoms with Gasteiger partial charge in [0.25, 0.3) is 0 Å². The van der Waals surface area contributed by atoms with Crippen molar-refractivity contribution in [2.24, 2.45) is 4.99 Å². The van der Waals surface area contributed by atoms with Crippen LogP contribution < -0.4 is 9.47 Å². The van der Waals surface area contributed by atoms with Gasteiger partial charge in [0.15, 0.2) is 11.5 Å². The van der Waals surface area contributed by atoms with Gasteiger partial charge < -0.3 is 9.47 Å². The molecule has 0 unspecified atom stereocenters. The fraction of sp³-hybridized carbons (Fsp3) is 0.562. The maximum Gasteiger partial charge on any atom is 0.235 e. The first-order chi connectivity index (χ1) is 9.88. The number of aliphatic imine (C=N–C) groups is 1. The normalized spacial score (nSPS) is 16.6. The molecule has 2 rings (SSSR count). The molecule has 0 heterocycles. The number of nitrogens with zero attached hydrogens (tertiary/aromatic N) is 1. The molecule has 1 aromatic rings. The lowest BCUT2D eigenvalue weighted by Crippen LogP contribution is -2.32. The zero-order valence-electron chi connectivity index (χ0n) is 12.8. The molecule has 0 amide bonds. The Morgan fingerprint density at radius 3 is 2.33 bits per heavy atom. The largest absolute Gasteiger partial charge is 0.493 e. The topological polar surface area (TPSA) is 47.9 Å². The van der Waals surface area contributed by atoms with E-state index in [4.69, 9.17) is 9.47 Å². The highest BCUT2D eigenvalue weighted by Crippen LogP contribution is 2.49. The zero-order valence-corrected chi connectivity index (χ0v) is 12.8. The lowest BCUT2D eigenvalue weighted by atomic mass is 9.71. The number of benzene rings is 1. The monoisotopic (exact) mass is 293 g/mol. The molecule has 0 atom stereocenters. The fourth-order valence-corrected chi connectivity index (χ4v) is 2.74. The molecule has 1 fully saturated rings. The van der Waals surface area contributed by atoms with Crippen LogP contribution >= 0.6 is 0 Å². The average Bonchev–Trinajstić information content (AvgIpc) is 2.40. The number of isocyanates is 1. The minimum Gasteiger partial charge on any atom is -0.493 e. The molecule has 0 radical (unpaired) electrons. The van der Waals surface area contributed by atoms with Gasteiger partial charge in [-0.15, -0.1) is 0 Å². The minimum absolute atomic E-state index is 0.373. The van der Waals surface area contributed by atoms with Gasteiger partial charge in [-0.3, -0.25) is 0 Å². The molecule has 0 saturated heterocycles. The van der Waals surface area contributed by atoms with E-state index in [1.807, 2.05) is 0 Å². The van der Waals surface area contributed by atoms with Crippen molar-refractivity contribution in [2.75, 3.05) is 14.2 Å². The van der Waals surface area contributed by atoms with Crippen molar-refractivity contribution < 1.29 is 18.7 Å². The van der Waals surface area contributed by atoms with Gasteiger partial charge in [0.1, 0.15) is 5.67 Å². The van der Waals surface area contributed by atoms with E-state index in [1.54, 1.807) is 18.2 Å². The lowest BCUT2D eigenvalue weighted by Gasteiger charge is -2.38. The first-order valence-corrected chi connectivity index (χ1v) is 6.93. The van der Waals surface area contributed by atoms with E-state index < -0.39 is 11.2 Å². The summed E-state index contributed by atoms with van der Waals surface area (Å²) in [6.07, 6.45) is 4.13. The third kappa shape index (κ3) is 2.66. The van der Waals surface area contributed by atoms with Crippen LogP contribution in [0.25, 0.3) is 0 Å². The molecule has 0 bridgehead atoms. The molecule has 0 spiro atoms. The Bertz CT molecular complexity index is 582. The summed E-state index contributed by atoms with van der Waals surface area (Å²) in [5, 5.41) is 0. The fourth-order valence-electron chi connectivity index (χ4n) is 2.74. The van der Waals surface area contributed by atoms with E-state index >= 15 is 0 Å². The number of hydrogen-bond acceptors (Lipinski definition) is 4. The Morgan fingerprint density at radius 2 is 1.95 bits per heavy atom. The second kappa shape index (κ2) is 5.49. The number of hydrogen-bond donors (Lipinski definition) is 0. The quantitative estimate of drug-likeness (QED) is 0.615. The smallest absolute Gasteiger partial charge is 0.235 e. The summed E-state index contributed by atoms with van der Waals surface area (Å²) in [7, 11) is 2.99. The van der Waals surface area contributed by atoms with Crippen molar-refractivity contribution in [2.45, 2.75) is 44.3 Å². The molecule has 0 aliphatic heterocycles. The van der Waals surface area contributed by atoms with Gasteiger partial charge in [-0.1, -0.05) is 0 Å². The van der Waals surface area contributed by atoms with Crippen molar-refractivity contribution in [3.63, 3.8) is 0 Å². The van der Waals surface area contributed by atoms with Crippen LogP contribution in [-0.4, -0.2) is 20.3 Å². The van der Waals surface area contributed by atoms with Crippen LogP contribution in [0.2, 0.25) is 0 Å². The van der Waals surface area contributed by atoms with Crippen LogP contribution in [0.3, 0.4) is 0 Å². The molecular formula is C16H20FNO3. The summed E-state index contributed by atoms with van der Waals surface area (Å²) in [5.41, 5.74) is -1.02. The number of alkyl halides is 1. The predicted octanol–water partition coefficient (Wildman–Crippen LogP) is 3.62. The summed E-state index contributed by atoms with van der Waals surface area (Å²) >= 11 is 0. The van der Waals surface area contributed by atoms with E-state index in [0.29, 0.717) is 17.1 Å². The molecule has 0 N–H and O–H groups in total. The Morgan fingerprint density at radius 1 is 1.29 bits per heavy atom. The molecule has 1 saturated carbocycles. The molecule has 1 aliphatic rings. The molecule has 1 aromatic carbocycles. The van der Waals surface area contributed by atoms with Crippen molar-refractivity contribution >= 4 is 6.08 Å². The van der Waals surface area contributed by atoms with Gasteiger partial charge in [0, 0.05) is 5.56 Å². The van der Waals surface area contributed by atoms with Crippen LogP contribution in [0.4, 0.5) is 4.39 Å². The maximum atomic E-state index is 14.5. The summed E-state index contributed by atoms with van der Waals surface area (Å²) in [6, 6.07) is 3.50. The van der Waals surface area contributed by atoms with E-state index in [2.05, 4.69) is 4.99 Å². The highest BCUT2D eigenvalue weighted by atomic mass is 19.1. The van der Waals surface area contributed by atoms with Crippen LogP contribution in [-0.2, 0) is 16.0 Å². The standard InChI is InChI=1S/C16H20FNO3/c1-15(2,17)12-8-11(9-13(20-3)14(12)21-4)16(18-10-19)6-5-7-16/h8-9H,5-7H2,1-4H3. The van der Waals surface area contributed by atoms with Crippen LogP contribution in [0.1, 0.15) is 44.2 Å². The number of halogens is 1. The Hall–Kier alpha value is -1.87. The molecule has 1 aliphatic carbocycles. The van der Waals surface area contributed by atoms with Gasteiger partial charge in [0.05, 0.1) is 19.8 Å². The van der Waals surface area contributed by atoms with E-state index in [9.17, 15) is 9.18 Å². The third-order valence-corrected chi connectivity index (χ3v) is 4.10. The van der Waals surface area contributed by atoms with E-state index in [-0.39, 0.29) is 0 Å². The summed E-state index contributed by atoms with van der Waals surface area (Å²) in [4.78, 5) is 14.7. The first-order valence-electron chi connectivity index (χ1n) is 6.93. The Balaban J connectivity index is 2.66. The molecule has 114 valence electrons. The second-order valence-electron chi connectivity index (χ2n) is 5.82. The van der Waals surface area contributed by atoms with Gasteiger partial charge in [-0.05, 0) is 50.8 Å². The Kier molecular flexibility index (Phi) is 4.06. The third-order valence-electron chi connectivity index (χ3n) is 4.10. The number of methoxy groups -OCH3 is 2. The SMILES string of the molecule is COc1cc(C2(N=C=O)CCC2)cc(C(C)(C)F)c1OC. The van der Waals surface area contributed by atoms with Gasteiger partial charge in [0.2, 0.25) is 6.08 Å². The van der Waals surface area contributed by atoms with E-state index in [1.165, 1.54) is 28.1 Å². The molecule has 4 nitrogen and oxygen atoms in total. The maximum absolute atomic E-state index is 14.5. The molecule has 0 aromatic heterocycles. The first kappa shape index (κ1) is 15.5. The Labute approximate surface area is 124 Å². The van der Waals surface area contributed by atoms with Crippen molar-refractivity contribution in [3.8, 4) is 11.5 Å². The van der Waals surface area contributed by atoms with Crippen LogP contribution in [0, 0.1) is 0 Å². The van der Waals surface area contributed by atoms with Crippen molar-refractivity contribution in [3.05, 3.63) is 23.3 Å². The number of rotatable bonds is 5. The zero-order chi connectivity index (χ0) is 15.7. The summed E-state index contributed by atoms with van der Waals surface area (Å²) in [6.45, 7) is 2.93. The molecule has 21 heavy (non-hydrogen) atoms. The molecule has 5 heteroatoms. The minimum atomic E-state index is -1.59. The number of ether oxygens (including phenoxy) is 2. The van der Waals surface area contributed by atoms with Crippen LogP contribution in [0.5, 0.6) is 11.5 Å². The van der Waals surface area contributed by atoms with Crippen molar-refractivity contribution in [1.29, 1.82) is 0 Å². The summed E-state index contributed by atoms with van der Waals surface area (Å²) in [5.74, 6) is 0.821. The van der Waals surface area contributed by atoms with Crippen molar-refractivity contribution in [1.82, 2.24) is 0 Å². The molecular weight excluding hydrogens is 273 g/mol. The second-order valence-corrected chi connectivity index (χ2v) is 5.82.